The molecule has 94 valence electrons. The monoisotopic (exact) mass is 238 g/mol. The van der Waals surface area contributed by atoms with Crippen molar-refractivity contribution in [2.45, 2.75) is 18.9 Å². The van der Waals surface area contributed by atoms with Gasteiger partial charge in [-0.3, -0.25) is 4.79 Å². The highest BCUT2D eigenvalue weighted by Crippen LogP contribution is 2.16. The van der Waals surface area contributed by atoms with Crippen molar-refractivity contribution in [3.8, 4) is 5.88 Å². The molecule has 6 heteroatoms. The summed E-state index contributed by atoms with van der Waals surface area (Å²) in [5, 5.41) is 10.3. The van der Waals surface area contributed by atoms with Gasteiger partial charge in [-0.15, -0.1) is 0 Å². The number of amides is 1. The van der Waals surface area contributed by atoms with Crippen LogP contribution in [0.4, 0.5) is 0 Å². The molecule has 0 radical (unpaired) electrons. The average Bonchev–Trinajstić information content (AvgIpc) is 2.85. The van der Waals surface area contributed by atoms with Crippen LogP contribution in [0.5, 0.6) is 5.88 Å². The van der Waals surface area contributed by atoms with Crippen molar-refractivity contribution in [3.63, 3.8) is 0 Å². The Balaban J connectivity index is 2.08. The number of hydrogen-bond acceptors (Lipinski definition) is 4. The van der Waals surface area contributed by atoms with Gasteiger partial charge in [-0.2, -0.15) is 5.10 Å². The maximum Gasteiger partial charge on any atom is 0.272 e. The van der Waals surface area contributed by atoms with Crippen LogP contribution >= 0.6 is 0 Å². The predicted octanol–water partition coefficient (Wildman–Crippen LogP) is -0.0895. The van der Waals surface area contributed by atoms with E-state index in [1.807, 2.05) is 6.92 Å². The minimum absolute atomic E-state index is 0.157. The predicted molar refractivity (Wildman–Crippen MR) is 63.1 cm³/mol. The molecular formula is C11H18N4O2. The minimum Gasteiger partial charge on any atom is -0.481 e. The van der Waals surface area contributed by atoms with Gasteiger partial charge in [0.15, 0.2) is 5.69 Å². The summed E-state index contributed by atoms with van der Waals surface area (Å²) in [7, 11) is 3.30. The van der Waals surface area contributed by atoms with Crippen LogP contribution in [0, 0.1) is 0 Å². The van der Waals surface area contributed by atoms with Crippen LogP contribution in [0.2, 0.25) is 0 Å². The summed E-state index contributed by atoms with van der Waals surface area (Å²) < 4.78 is 6.62. The van der Waals surface area contributed by atoms with Crippen LogP contribution in [-0.4, -0.2) is 41.4 Å². The van der Waals surface area contributed by atoms with Gasteiger partial charge in [0, 0.05) is 19.7 Å². The molecule has 0 saturated carbocycles. The highest BCUT2D eigenvalue weighted by Gasteiger charge is 2.31. The van der Waals surface area contributed by atoms with Crippen molar-refractivity contribution in [3.05, 3.63) is 11.8 Å². The number of carbonyl (C=O) groups excluding carboxylic acids is 1. The van der Waals surface area contributed by atoms with Crippen molar-refractivity contribution >= 4 is 5.91 Å². The van der Waals surface area contributed by atoms with Gasteiger partial charge >= 0.3 is 0 Å². The zero-order valence-electron chi connectivity index (χ0n) is 10.4. The minimum atomic E-state index is -0.179. The molecule has 1 aromatic rings. The number of methoxy groups -OCH3 is 1. The first-order valence-corrected chi connectivity index (χ1v) is 5.65. The Morgan fingerprint density at radius 1 is 1.71 bits per heavy atom. The molecule has 1 saturated heterocycles. The lowest BCUT2D eigenvalue weighted by Crippen LogP contribution is -2.47. The van der Waals surface area contributed by atoms with E-state index in [-0.39, 0.29) is 11.4 Å². The summed E-state index contributed by atoms with van der Waals surface area (Å²) in [4.78, 5) is 12.0. The molecule has 2 heterocycles. The van der Waals surface area contributed by atoms with Crippen molar-refractivity contribution < 1.29 is 9.53 Å². The smallest absolute Gasteiger partial charge is 0.272 e. The zero-order chi connectivity index (χ0) is 12.5. The lowest BCUT2D eigenvalue weighted by atomic mass is 10.0. The van der Waals surface area contributed by atoms with Gasteiger partial charge in [-0.05, 0) is 19.9 Å². The fraction of sp³-hybridized carbons (Fsp3) is 0.636. The Labute approximate surface area is 100 Å². The number of aromatic nitrogens is 2. The molecule has 1 aliphatic heterocycles. The quantitative estimate of drug-likeness (QED) is 0.772. The van der Waals surface area contributed by atoms with E-state index in [0.29, 0.717) is 11.6 Å². The van der Waals surface area contributed by atoms with E-state index in [2.05, 4.69) is 15.7 Å². The third-order valence-electron chi connectivity index (χ3n) is 3.06. The first kappa shape index (κ1) is 11.9. The van der Waals surface area contributed by atoms with E-state index < -0.39 is 0 Å². The van der Waals surface area contributed by atoms with Crippen LogP contribution < -0.4 is 15.4 Å². The summed E-state index contributed by atoms with van der Waals surface area (Å²) in [5.74, 6) is 0.417. The molecule has 17 heavy (non-hydrogen) atoms. The number of ether oxygens (including phenoxy) is 1. The number of hydrogen-bond donors (Lipinski definition) is 2. The molecule has 1 amide bonds. The second-order valence-corrected chi connectivity index (χ2v) is 4.64. The van der Waals surface area contributed by atoms with Crippen molar-refractivity contribution in [1.82, 2.24) is 20.4 Å². The lowest BCUT2D eigenvalue weighted by molar-refractivity contribution is 0.0907. The van der Waals surface area contributed by atoms with Crippen molar-refractivity contribution in [2.75, 3.05) is 20.2 Å². The van der Waals surface area contributed by atoms with Crippen LogP contribution in [0.25, 0.3) is 0 Å². The summed E-state index contributed by atoms with van der Waals surface area (Å²) in [6.45, 7) is 3.76. The molecular weight excluding hydrogens is 220 g/mol. The van der Waals surface area contributed by atoms with Crippen LogP contribution in [0.1, 0.15) is 23.8 Å². The number of aryl methyl sites for hydroxylation is 1. The number of carbonyl (C=O) groups is 1. The average molecular weight is 238 g/mol. The van der Waals surface area contributed by atoms with Crippen LogP contribution in [-0.2, 0) is 7.05 Å². The molecule has 1 aromatic heterocycles. The highest BCUT2D eigenvalue weighted by atomic mass is 16.5. The normalized spacial score (nSPS) is 23.7. The third kappa shape index (κ3) is 2.41. The molecule has 2 rings (SSSR count). The van der Waals surface area contributed by atoms with Crippen molar-refractivity contribution in [2.24, 2.45) is 7.05 Å². The topological polar surface area (TPSA) is 68.2 Å². The van der Waals surface area contributed by atoms with Gasteiger partial charge in [0.05, 0.1) is 12.6 Å². The molecule has 6 nitrogen and oxygen atoms in total. The standard InChI is InChI=1S/C11H18N4O2/c1-11(4-5-12-7-11)13-10(16)8-6-9(17-3)15(2)14-8/h6,12H,4-5,7H2,1-3H3,(H,13,16). The maximum absolute atomic E-state index is 12.0. The number of nitrogens with zero attached hydrogens (tertiary/aromatic N) is 2. The van der Waals surface area contributed by atoms with Gasteiger partial charge in [0.25, 0.3) is 5.91 Å². The van der Waals surface area contributed by atoms with E-state index in [1.165, 1.54) is 0 Å². The summed E-state index contributed by atoms with van der Waals surface area (Å²) in [6.07, 6.45) is 0.933. The van der Waals surface area contributed by atoms with Gasteiger partial charge < -0.3 is 15.4 Å². The maximum atomic E-state index is 12.0. The Morgan fingerprint density at radius 2 is 2.47 bits per heavy atom. The summed E-state index contributed by atoms with van der Waals surface area (Å²) >= 11 is 0. The Kier molecular flexibility index (Phi) is 3.06. The van der Waals surface area contributed by atoms with Gasteiger partial charge in [0.2, 0.25) is 5.88 Å². The molecule has 2 N–H and O–H groups in total. The van der Waals surface area contributed by atoms with E-state index >= 15 is 0 Å². The molecule has 1 aliphatic rings. The van der Waals surface area contributed by atoms with Gasteiger partial charge in [-0.25, -0.2) is 4.68 Å². The van der Waals surface area contributed by atoms with Gasteiger partial charge in [-0.1, -0.05) is 0 Å². The number of rotatable bonds is 3. The Morgan fingerprint density at radius 3 is 3.00 bits per heavy atom. The highest BCUT2D eigenvalue weighted by molar-refractivity contribution is 5.93. The molecule has 0 aromatic carbocycles. The first-order valence-electron chi connectivity index (χ1n) is 5.65. The molecule has 1 unspecified atom stereocenters. The zero-order valence-corrected chi connectivity index (χ0v) is 10.4. The molecule has 0 bridgehead atoms. The Bertz CT molecular complexity index is 421. The largest absolute Gasteiger partial charge is 0.481 e. The van der Waals surface area contributed by atoms with Crippen LogP contribution in [0.3, 0.4) is 0 Å². The molecule has 1 atom stereocenters. The van der Waals surface area contributed by atoms with E-state index in [4.69, 9.17) is 4.74 Å². The second-order valence-electron chi connectivity index (χ2n) is 4.64. The van der Waals surface area contributed by atoms with Crippen molar-refractivity contribution in [1.29, 1.82) is 0 Å². The molecule has 1 fully saturated rings. The summed E-state index contributed by atoms with van der Waals surface area (Å²) in [6, 6.07) is 1.64. The third-order valence-corrected chi connectivity index (χ3v) is 3.06. The number of nitrogens with one attached hydrogen (secondary N) is 2. The van der Waals surface area contributed by atoms with Gasteiger partial charge in [0.1, 0.15) is 0 Å². The SMILES string of the molecule is COc1cc(C(=O)NC2(C)CCNC2)nn1C. The second kappa shape index (κ2) is 4.37. The fourth-order valence-electron chi connectivity index (χ4n) is 2.01. The molecule has 0 aliphatic carbocycles. The van der Waals surface area contributed by atoms with E-state index in [9.17, 15) is 4.79 Å². The fourth-order valence-corrected chi connectivity index (χ4v) is 2.01. The molecule has 0 spiro atoms. The Hall–Kier alpha value is -1.56. The van der Waals surface area contributed by atoms with Crippen LogP contribution in [0.15, 0.2) is 6.07 Å². The first-order chi connectivity index (χ1) is 8.04. The summed E-state index contributed by atoms with van der Waals surface area (Å²) in [5.41, 5.74) is 0.208. The lowest BCUT2D eigenvalue weighted by Gasteiger charge is -2.23. The van der Waals surface area contributed by atoms with E-state index in [1.54, 1.807) is 24.9 Å². The van der Waals surface area contributed by atoms with E-state index in [0.717, 1.165) is 19.5 Å².